The summed E-state index contributed by atoms with van der Waals surface area (Å²) in [5, 5.41) is 10.6. The van der Waals surface area contributed by atoms with Crippen LogP contribution in [0.15, 0.2) is 24.3 Å². The molecule has 1 saturated heterocycles. The Morgan fingerprint density at radius 2 is 1.78 bits per heavy atom. The van der Waals surface area contributed by atoms with Gasteiger partial charge in [-0.1, -0.05) is 48.9 Å². The van der Waals surface area contributed by atoms with Gasteiger partial charge in [0.05, 0.1) is 21.2 Å². The van der Waals surface area contributed by atoms with Gasteiger partial charge in [-0.3, -0.25) is 9.59 Å². The van der Waals surface area contributed by atoms with E-state index in [1.165, 1.54) is 11.0 Å². The summed E-state index contributed by atoms with van der Waals surface area (Å²) in [6.07, 6.45) is 1.01. The van der Waals surface area contributed by atoms with Crippen molar-refractivity contribution in [3.05, 3.63) is 49.6 Å². The summed E-state index contributed by atoms with van der Waals surface area (Å²) in [7, 11) is 0. The fraction of sp³-hybridized carbons (Fsp3) is 0.444. The molecule has 0 radical (unpaired) electrons. The number of hydrogen-bond acceptors (Lipinski definition) is 4. The lowest BCUT2D eigenvalue weighted by Crippen LogP contribution is -2.50. The Kier molecular flexibility index (Phi) is 8.76. The first-order valence-corrected chi connectivity index (χ1v) is 13.3. The monoisotopic (exact) mass is 548 g/mol. The average molecular weight is 550 g/mol. The third-order valence-electron chi connectivity index (χ3n) is 5.74. The number of thiophene rings is 1. The van der Waals surface area contributed by atoms with Gasteiger partial charge in [-0.05, 0) is 57.9 Å². The van der Waals surface area contributed by atoms with Crippen molar-refractivity contribution in [2.75, 3.05) is 18.0 Å². The summed E-state index contributed by atoms with van der Waals surface area (Å²) in [5.41, 5.74) is 0.248. The summed E-state index contributed by atoms with van der Waals surface area (Å²) in [5.74, 6) is 4.58. The number of amides is 2. The van der Waals surface area contributed by atoms with Gasteiger partial charge in [0.2, 0.25) is 5.91 Å². The molecule has 2 aromatic rings. The van der Waals surface area contributed by atoms with Crippen LogP contribution in [0, 0.1) is 23.2 Å². The Morgan fingerprint density at radius 1 is 1.14 bits per heavy atom. The molecule has 1 aromatic carbocycles. The topological polar surface area (TPSA) is 77.9 Å². The second-order valence-corrected chi connectivity index (χ2v) is 12.0. The van der Waals surface area contributed by atoms with Crippen LogP contribution in [-0.2, 0) is 4.79 Å². The number of piperidine rings is 1. The van der Waals surface area contributed by atoms with E-state index in [4.69, 9.17) is 23.2 Å². The number of likely N-dealkylation sites (tertiary alicyclic amines) is 1. The summed E-state index contributed by atoms with van der Waals surface area (Å²) < 4.78 is 0. The molecule has 6 nitrogen and oxygen atoms in total. The molecule has 0 saturated carbocycles. The molecule has 2 heterocycles. The van der Waals surface area contributed by atoms with Crippen LogP contribution in [0.3, 0.4) is 0 Å². The van der Waals surface area contributed by atoms with Crippen LogP contribution in [-0.4, -0.2) is 46.9 Å². The minimum atomic E-state index is -1.13. The highest BCUT2D eigenvalue weighted by Crippen LogP contribution is 2.36. The van der Waals surface area contributed by atoms with Gasteiger partial charge in [0.1, 0.15) is 4.88 Å². The van der Waals surface area contributed by atoms with E-state index in [2.05, 4.69) is 11.8 Å². The van der Waals surface area contributed by atoms with Crippen molar-refractivity contribution in [2.45, 2.75) is 53.5 Å². The van der Waals surface area contributed by atoms with Crippen molar-refractivity contribution in [1.82, 2.24) is 4.90 Å². The predicted octanol–water partition coefficient (Wildman–Crippen LogP) is 6.44. The molecular weight excluding hydrogens is 519 g/mol. The lowest BCUT2D eigenvalue weighted by Gasteiger charge is -2.39. The van der Waals surface area contributed by atoms with Gasteiger partial charge in [-0.25, -0.2) is 4.79 Å². The van der Waals surface area contributed by atoms with Crippen LogP contribution in [0.4, 0.5) is 5.69 Å². The SMILES string of the molecule is CC(C)C(=O)N1CCC(N(C(=O)c2ccc(Cl)cc2Cl)c2cc(C#CC(C)(C)C)sc2C(=O)O)CC1. The highest BCUT2D eigenvalue weighted by Gasteiger charge is 2.35. The van der Waals surface area contributed by atoms with E-state index >= 15 is 0 Å². The molecule has 1 N–H and O–H groups in total. The molecule has 0 aliphatic carbocycles. The first-order valence-electron chi connectivity index (χ1n) is 11.8. The Morgan fingerprint density at radius 3 is 2.31 bits per heavy atom. The number of nitrogens with zero attached hydrogens (tertiary/aromatic N) is 2. The number of halogens is 2. The fourth-order valence-corrected chi connectivity index (χ4v) is 5.33. The summed E-state index contributed by atoms with van der Waals surface area (Å²) >= 11 is 13.5. The van der Waals surface area contributed by atoms with E-state index in [1.807, 2.05) is 34.6 Å². The maximum atomic E-state index is 13.9. The third kappa shape index (κ3) is 6.61. The van der Waals surface area contributed by atoms with Crippen molar-refractivity contribution in [2.24, 2.45) is 11.3 Å². The molecule has 2 amide bonds. The van der Waals surface area contributed by atoms with E-state index in [9.17, 15) is 19.5 Å². The van der Waals surface area contributed by atoms with E-state index in [1.54, 1.807) is 23.1 Å². The zero-order chi connectivity index (χ0) is 26.8. The van der Waals surface area contributed by atoms with Crippen LogP contribution in [0.1, 0.15) is 72.4 Å². The molecule has 1 aromatic heterocycles. The lowest BCUT2D eigenvalue weighted by molar-refractivity contribution is -0.135. The van der Waals surface area contributed by atoms with Gasteiger partial charge < -0.3 is 14.9 Å². The molecule has 36 heavy (non-hydrogen) atoms. The summed E-state index contributed by atoms with van der Waals surface area (Å²) in [4.78, 5) is 42.5. The van der Waals surface area contributed by atoms with Crippen LogP contribution < -0.4 is 4.90 Å². The Balaban J connectivity index is 2.07. The smallest absolute Gasteiger partial charge is 0.348 e. The molecule has 1 aliphatic rings. The van der Waals surface area contributed by atoms with Crippen molar-refractivity contribution in [3.63, 3.8) is 0 Å². The van der Waals surface area contributed by atoms with E-state index < -0.39 is 11.9 Å². The molecule has 0 bridgehead atoms. The number of anilines is 1. The Bertz CT molecular complexity index is 1230. The number of rotatable bonds is 5. The molecule has 9 heteroatoms. The third-order valence-corrected chi connectivity index (χ3v) is 7.32. The van der Waals surface area contributed by atoms with Crippen LogP contribution in [0.5, 0.6) is 0 Å². The fourth-order valence-electron chi connectivity index (χ4n) is 4.00. The predicted molar refractivity (Wildman–Crippen MR) is 145 cm³/mol. The van der Waals surface area contributed by atoms with Gasteiger partial charge in [0.25, 0.3) is 5.91 Å². The number of aromatic carboxylic acids is 1. The number of hydrogen-bond donors (Lipinski definition) is 1. The van der Waals surface area contributed by atoms with E-state index in [-0.39, 0.29) is 44.4 Å². The normalized spacial score (nSPS) is 14.4. The van der Waals surface area contributed by atoms with E-state index in [0.29, 0.717) is 35.8 Å². The minimum Gasteiger partial charge on any atom is -0.477 e. The molecule has 1 aliphatic heterocycles. The summed E-state index contributed by atoms with van der Waals surface area (Å²) in [6.45, 7) is 10.6. The molecule has 0 spiro atoms. The van der Waals surface area contributed by atoms with Gasteiger partial charge in [0, 0.05) is 35.5 Å². The van der Waals surface area contributed by atoms with Crippen molar-refractivity contribution >= 4 is 58.0 Å². The van der Waals surface area contributed by atoms with Crippen molar-refractivity contribution in [1.29, 1.82) is 0 Å². The van der Waals surface area contributed by atoms with Crippen LogP contribution in [0.2, 0.25) is 10.0 Å². The van der Waals surface area contributed by atoms with E-state index in [0.717, 1.165) is 11.3 Å². The number of benzene rings is 1. The first-order chi connectivity index (χ1) is 16.8. The van der Waals surface area contributed by atoms with Gasteiger partial charge in [-0.15, -0.1) is 11.3 Å². The highest BCUT2D eigenvalue weighted by atomic mass is 35.5. The van der Waals surface area contributed by atoms with Crippen molar-refractivity contribution in [3.8, 4) is 11.8 Å². The van der Waals surface area contributed by atoms with Crippen molar-refractivity contribution < 1.29 is 19.5 Å². The zero-order valence-electron chi connectivity index (χ0n) is 21.0. The molecule has 1 fully saturated rings. The zero-order valence-corrected chi connectivity index (χ0v) is 23.4. The highest BCUT2D eigenvalue weighted by molar-refractivity contribution is 7.15. The Labute approximate surface area is 226 Å². The number of carboxylic acid groups (broad SMARTS) is 1. The Hall–Kier alpha value is -2.53. The maximum Gasteiger partial charge on any atom is 0.348 e. The first kappa shape index (κ1) is 28.0. The average Bonchev–Trinajstić information content (AvgIpc) is 3.21. The van der Waals surface area contributed by atoms with Crippen LogP contribution in [0.25, 0.3) is 0 Å². The largest absolute Gasteiger partial charge is 0.477 e. The lowest BCUT2D eigenvalue weighted by atomic mass is 9.98. The maximum absolute atomic E-state index is 13.9. The minimum absolute atomic E-state index is 0.0346. The number of carboxylic acids is 1. The van der Waals surface area contributed by atoms with Gasteiger partial charge in [-0.2, -0.15) is 0 Å². The quantitative estimate of drug-likeness (QED) is 0.435. The van der Waals surface area contributed by atoms with Crippen LogP contribution >= 0.6 is 34.5 Å². The molecule has 3 rings (SSSR count). The molecular formula is C27H30Cl2N2O4S. The number of carbonyl (C=O) groups excluding carboxylic acids is 2. The standard InChI is InChI=1S/C27H30Cl2N2O4S/c1-16(2)24(32)30-12-9-18(10-13-30)31(25(33)20-7-6-17(28)14-21(20)29)22-15-19(8-11-27(3,4)5)36-23(22)26(34)35/h6-7,14-16,18H,9-10,12-13H2,1-5H3,(H,34,35). The molecule has 0 atom stereocenters. The van der Waals surface area contributed by atoms with Gasteiger partial charge in [0.15, 0.2) is 0 Å². The van der Waals surface area contributed by atoms with Gasteiger partial charge >= 0.3 is 5.97 Å². The molecule has 0 unspecified atom stereocenters. The summed E-state index contributed by atoms with van der Waals surface area (Å²) in [6, 6.07) is 5.96. The number of carbonyl (C=O) groups is 3. The second kappa shape index (κ2) is 11.2. The molecule has 192 valence electrons. The second-order valence-electron chi connectivity index (χ2n) is 10.1.